The van der Waals surface area contributed by atoms with Crippen molar-refractivity contribution in [3.8, 4) is 0 Å². The van der Waals surface area contributed by atoms with Crippen LogP contribution in [-0.2, 0) is 4.79 Å². The van der Waals surface area contributed by atoms with E-state index in [-0.39, 0.29) is 0 Å². The van der Waals surface area contributed by atoms with E-state index in [0.29, 0.717) is 0 Å². The predicted octanol–water partition coefficient (Wildman–Crippen LogP) is 1.60. The Morgan fingerprint density at radius 3 is 2.42 bits per heavy atom. The fourth-order valence-electron chi connectivity index (χ4n) is 1.26. The molecule has 0 heterocycles. The molecule has 0 aliphatic heterocycles. The predicted molar refractivity (Wildman–Crippen MR) is 47.8 cm³/mol. The summed E-state index contributed by atoms with van der Waals surface area (Å²) in [5.41, 5.74) is 1.06. The van der Waals surface area contributed by atoms with Crippen molar-refractivity contribution in [1.29, 1.82) is 0 Å². The maximum atomic E-state index is 10.4. The van der Waals surface area contributed by atoms with Gasteiger partial charge in [-0.1, -0.05) is 12.2 Å². The summed E-state index contributed by atoms with van der Waals surface area (Å²) in [6.45, 7) is 3.52. The molecule has 0 spiro atoms. The van der Waals surface area contributed by atoms with E-state index in [1.54, 1.807) is 19.9 Å². The van der Waals surface area contributed by atoms with Crippen LogP contribution in [-0.4, -0.2) is 17.0 Å². The number of carbonyl (C=O) groups is 1. The van der Waals surface area contributed by atoms with Crippen molar-refractivity contribution in [1.82, 2.24) is 0 Å². The lowest BCUT2D eigenvalue weighted by molar-refractivity contribution is -0.105. The van der Waals surface area contributed by atoms with Crippen molar-refractivity contribution in [3.63, 3.8) is 0 Å². The fraction of sp³-hybridized carbons (Fsp3) is 0.500. The molecule has 0 saturated heterocycles. The zero-order valence-electron chi connectivity index (χ0n) is 7.50. The van der Waals surface area contributed by atoms with Gasteiger partial charge in [0, 0.05) is 0 Å². The van der Waals surface area contributed by atoms with Crippen LogP contribution in [0.15, 0.2) is 23.3 Å². The standard InChI is InChI=1S/C10H14O2/c1-10(2,12)9-5-3-8(7-11)4-6-9/h3,5,7,12H,4,6H2,1-2H3. The Morgan fingerprint density at radius 2 is 2.08 bits per heavy atom. The molecule has 0 amide bonds. The van der Waals surface area contributed by atoms with Gasteiger partial charge < -0.3 is 5.11 Å². The van der Waals surface area contributed by atoms with Gasteiger partial charge in [0.05, 0.1) is 5.60 Å². The second-order valence-electron chi connectivity index (χ2n) is 3.61. The Morgan fingerprint density at radius 1 is 1.42 bits per heavy atom. The van der Waals surface area contributed by atoms with E-state index in [2.05, 4.69) is 0 Å². The van der Waals surface area contributed by atoms with Gasteiger partial charge >= 0.3 is 0 Å². The topological polar surface area (TPSA) is 37.3 Å². The van der Waals surface area contributed by atoms with E-state index in [1.807, 2.05) is 6.08 Å². The third-order valence-electron chi connectivity index (χ3n) is 2.12. The summed E-state index contributed by atoms with van der Waals surface area (Å²) < 4.78 is 0. The number of rotatable bonds is 2. The summed E-state index contributed by atoms with van der Waals surface area (Å²) in [5.74, 6) is 0. The van der Waals surface area contributed by atoms with E-state index in [4.69, 9.17) is 0 Å². The molecule has 1 aliphatic carbocycles. The normalized spacial score (nSPS) is 18.2. The molecule has 1 N–H and O–H groups in total. The van der Waals surface area contributed by atoms with Crippen LogP contribution in [0, 0.1) is 0 Å². The van der Waals surface area contributed by atoms with Gasteiger partial charge in [0.1, 0.15) is 6.29 Å². The second kappa shape index (κ2) is 3.23. The smallest absolute Gasteiger partial charge is 0.146 e. The molecule has 1 rings (SSSR count). The highest BCUT2D eigenvalue weighted by Gasteiger charge is 2.20. The first-order valence-corrected chi connectivity index (χ1v) is 4.12. The number of hydrogen-bond acceptors (Lipinski definition) is 2. The van der Waals surface area contributed by atoms with Crippen LogP contribution in [0.3, 0.4) is 0 Å². The minimum atomic E-state index is -0.745. The molecule has 0 fully saturated rings. The molecule has 2 heteroatoms. The van der Waals surface area contributed by atoms with Crippen molar-refractivity contribution in [3.05, 3.63) is 23.3 Å². The largest absolute Gasteiger partial charge is 0.386 e. The number of carbonyl (C=O) groups excluding carboxylic acids is 1. The van der Waals surface area contributed by atoms with E-state index in [9.17, 15) is 9.90 Å². The van der Waals surface area contributed by atoms with Crippen molar-refractivity contribution in [2.45, 2.75) is 32.3 Å². The third kappa shape index (κ3) is 2.05. The Balaban J connectivity index is 2.79. The summed E-state index contributed by atoms with van der Waals surface area (Å²) in [6, 6.07) is 0. The minimum absolute atomic E-state index is 0.745. The van der Waals surface area contributed by atoms with E-state index >= 15 is 0 Å². The number of aliphatic hydroxyl groups is 1. The highest BCUT2D eigenvalue weighted by Crippen LogP contribution is 2.25. The van der Waals surface area contributed by atoms with Crippen molar-refractivity contribution >= 4 is 6.29 Å². The second-order valence-corrected chi connectivity index (χ2v) is 3.61. The quantitative estimate of drug-likeness (QED) is 0.633. The molecule has 0 aromatic heterocycles. The van der Waals surface area contributed by atoms with Crippen LogP contribution in [0.25, 0.3) is 0 Å². The van der Waals surface area contributed by atoms with E-state index in [1.165, 1.54) is 0 Å². The van der Waals surface area contributed by atoms with Gasteiger partial charge in [-0.15, -0.1) is 0 Å². The van der Waals surface area contributed by atoms with Crippen molar-refractivity contribution in [2.24, 2.45) is 0 Å². The number of allylic oxidation sites excluding steroid dienone is 3. The van der Waals surface area contributed by atoms with Gasteiger partial charge in [-0.05, 0) is 37.8 Å². The first-order valence-electron chi connectivity index (χ1n) is 4.12. The highest BCUT2D eigenvalue weighted by molar-refractivity contribution is 5.74. The molecule has 0 radical (unpaired) electrons. The SMILES string of the molecule is CC(C)(O)C1=CC=C(C=O)CC1. The maximum Gasteiger partial charge on any atom is 0.146 e. The molecule has 66 valence electrons. The Labute approximate surface area is 72.6 Å². The Hall–Kier alpha value is -0.890. The highest BCUT2D eigenvalue weighted by atomic mass is 16.3. The van der Waals surface area contributed by atoms with E-state index < -0.39 is 5.60 Å². The molecule has 1 aliphatic rings. The summed E-state index contributed by atoms with van der Waals surface area (Å²) >= 11 is 0. The van der Waals surface area contributed by atoms with Gasteiger partial charge in [-0.2, -0.15) is 0 Å². The average Bonchev–Trinajstić information content (AvgIpc) is 2.03. The third-order valence-corrected chi connectivity index (χ3v) is 2.12. The molecule has 0 atom stereocenters. The maximum absolute atomic E-state index is 10.4. The monoisotopic (exact) mass is 166 g/mol. The van der Waals surface area contributed by atoms with Crippen molar-refractivity contribution < 1.29 is 9.90 Å². The van der Waals surface area contributed by atoms with Gasteiger partial charge in [-0.25, -0.2) is 0 Å². The van der Waals surface area contributed by atoms with Crippen LogP contribution >= 0.6 is 0 Å². The zero-order chi connectivity index (χ0) is 9.19. The molecular weight excluding hydrogens is 152 g/mol. The molecule has 0 aromatic carbocycles. The summed E-state index contributed by atoms with van der Waals surface area (Å²) in [5, 5.41) is 9.62. The summed E-state index contributed by atoms with van der Waals surface area (Å²) in [4.78, 5) is 10.4. The molecule has 2 nitrogen and oxygen atoms in total. The lowest BCUT2D eigenvalue weighted by atomic mass is 9.88. The first-order chi connectivity index (χ1) is 5.54. The first kappa shape index (κ1) is 9.20. The van der Waals surface area contributed by atoms with E-state index in [0.717, 1.165) is 30.3 Å². The van der Waals surface area contributed by atoms with Gasteiger partial charge in [0.25, 0.3) is 0 Å². The number of aldehydes is 1. The minimum Gasteiger partial charge on any atom is -0.386 e. The lowest BCUT2D eigenvalue weighted by Gasteiger charge is -2.23. The number of hydrogen-bond donors (Lipinski definition) is 1. The van der Waals surface area contributed by atoms with Gasteiger partial charge in [-0.3, -0.25) is 4.79 Å². The summed E-state index contributed by atoms with van der Waals surface area (Å²) in [7, 11) is 0. The Bertz CT molecular complexity index is 241. The van der Waals surface area contributed by atoms with Crippen LogP contribution < -0.4 is 0 Å². The molecule has 0 unspecified atom stereocenters. The average molecular weight is 166 g/mol. The van der Waals surface area contributed by atoms with Crippen LogP contribution in [0.1, 0.15) is 26.7 Å². The van der Waals surface area contributed by atoms with Crippen LogP contribution in [0.4, 0.5) is 0 Å². The fourth-order valence-corrected chi connectivity index (χ4v) is 1.26. The van der Waals surface area contributed by atoms with Crippen LogP contribution in [0.5, 0.6) is 0 Å². The molecule has 12 heavy (non-hydrogen) atoms. The Kier molecular flexibility index (Phi) is 2.48. The lowest BCUT2D eigenvalue weighted by Crippen LogP contribution is -2.23. The molecule has 0 aromatic rings. The van der Waals surface area contributed by atoms with Gasteiger partial charge in [0.15, 0.2) is 0 Å². The van der Waals surface area contributed by atoms with Crippen molar-refractivity contribution in [2.75, 3.05) is 0 Å². The molecular formula is C10H14O2. The summed E-state index contributed by atoms with van der Waals surface area (Å²) in [6.07, 6.45) is 6.03. The van der Waals surface area contributed by atoms with Crippen LogP contribution in [0.2, 0.25) is 0 Å². The zero-order valence-corrected chi connectivity index (χ0v) is 7.50. The molecule has 0 saturated carbocycles. The molecule has 0 bridgehead atoms. The van der Waals surface area contributed by atoms with Gasteiger partial charge in [0.2, 0.25) is 0 Å².